The maximum absolute atomic E-state index is 5.78. The summed E-state index contributed by atoms with van der Waals surface area (Å²) in [6.45, 7) is 2.95. The monoisotopic (exact) mass is 197 g/mol. The van der Waals surface area contributed by atoms with Gasteiger partial charge in [-0.1, -0.05) is 6.07 Å². The average molecular weight is 197 g/mol. The Morgan fingerprint density at radius 1 is 1.62 bits per heavy atom. The molecule has 0 bridgehead atoms. The summed E-state index contributed by atoms with van der Waals surface area (Å²) in [4.78, 5) is 1.32. The van der Waals surface area contributed by atoms with Crippen LogP contribution in [0.1, 0.15) is 17.7 Å². The van der Waals surface area contributed by atoms with E-state index in [4.69, 9.17) is 4.74 Å². The maximum Gasteiger partial charge on any atom is 0.0813 e. The topological polar surface area (TPSA) is 21.3 Å². The van der Waals surface area contributed by atoms with Crippen LogP contribution in [-0.2, 0) is 11.3 Å². The molecule has 1 unspecified atom stereocenters. The van der Waals surface area contributed by atoms with Crippen molar-refractivity contribution >= 4 is 11.3 Å². The highest BCUT2D eigenvalue weighted by Gasteiger charge is 2.12. The van der Waals surface area contributed by atoms with E-state index in [0.29, 0.717) is 6.10 Å². The van der Waals surface area contributed by atoms with Crippen LogP contribution in [-0.4, -0.2) is 19.2 Å². The largest absolute Gasteiger partial charge is 0.371 e. The molecule has 1 atom stereocenters. The van der Waals surface area contributed by atoms with Gasteiger partial charge in [0.25, 0.3) is 0 Å². The molecule has 1 saturated heterocycles. The zero-order chi connectivity index (χ0) is 8.93. The van der Waals surface area contributed by atoms with E-state index in [1.165, 1.54) is 17.7 Å². The fourth-order valence-electron chi connectivity index (χ4n) is 1.56. The van der Waals surface area contributed by atoms with Crippen LogP contribution in [0.15, 0.2) is 17.5 Å². The van der Waals surface area contributed by atoms with Gasteiger partial charge < -0.3 is 10.1 Å². The normalized spacial score (nSPS) is 23.2. The van der Waals surface area contributed by atoms with Crippen molar-refractivity contribution in [3.8, 4) is 0 Å². The summed E-state index contributed by atoms with van der Waals surface area (Å²) >= 11 is 1.77. The Bertz CT molecular complexity index is 229. The Kier molecular flexibility index (Phi) is 3.35. The lowest BCUT2D eigenvalue weighted by molar-refractivity contribution is 0.0267. The van der Waals surface area contributed by atoms with Crippen LogP contribution in [0.25, 0.3) is 0 Å². The summed E-state index contributed by atoms with van der Waals surface area (Å²) in [7, 11) is 0. The first-order valence-electron chi connectivity index (χ1n) is 4.80. The molecule has 0 radical (unpaired) electrons. The van der Waals surface area contributed by atoms with Crippen LogP contribution in [0, 0.1) is 0 Å². The summed E-state index contributed by atoms with van der Waals surface area (Å²) in [5, 5.41) is 5.44. The van der Waals surface area contributed by atoms with E-state index in [1.807, 2.05) is 0 Å². The molecule has 2 nitrogen and oxygen atoms in total. The second-order valence-electron chi connectivity index (χ2n) is 3.36. The van der Waals surface area contributed by atoms with Gasteiger partial charge in [-0.15, -0.1) is 11.3 Å². The third-order valence-corrected chi connectivity index (χ3v) is 3.14. The summed E-state index contributed by atoms with van der Waals surface area (Å²) in [6, 6.07) is 4.20. The minimum atomic E-state index is 0.427. The number of hydrogen-bond acceptors (Lipinski definition) is 3. The summed E-state index contributed by atoms with van der Waals surface area (Å²) in [5.74, 6) is 0. The molecule has 1 aliphatic rings. The van der Waals surface area contributed by atoms with Gasteiger partial charge in [-0.05, 0) is 30.8 Å². The third-order valence-electron chi connectivity index (χ3n) is 2.29. The molecular weight excluding hydrogens is 182 g/mol. The van der Waals surface area contributed by atoms with E-state index < -0.39 is 0 Å². The quantitative estimate of drug-likeness (QED) is 0.800. The molecule has 0 saturated carbocycles. The van der Waals surface area contributed by atoms with Crippen molar-refractivity contribution in [3.63, 3.8) is 0 Å². The molecule has 0 aliphatic carbocycles. The van der Waals surface area contributed by atoms with E-state index in [-0.39, 0.29) is 0 Å². The van der Waals surface area contributed by atoms with Gasteiger partial charge >= 0.3 is 0 Å². The van der Waals surface area contributed by atoms with E-state index in [0.717, 1.165) is 19.7 Å². The van der Waals surface area contributed by atoms with Crippen molar-refractivity contribution in [1.29, 1.82) is 0 Å². The summed E-state index contributed by atoms with van der Waals surface area (Å²) < 4.78 is 5.78. The van der Waals surface area contributed by atoms with Crippen molar-refractivity contribution in [3.05, 3.63) is 22.4 Å². The highest BCUT2D eigenvalue weighted by molar-refractivity contribution is 7.09. The molecule has 0 aromatic carbocycles. The molecule has 1 N–H and O–H groups in total. The molecule has 0 spiro atoms. The zero-order valence-corrected chi connectivity index (χ0v) is 8.48. The zero-order valence-electron chi connectivity index (χ0n) is 7.66. The Morgan fingerprint density at radius 2 is 2.62 bits per heavy atom. The molecule has 2 heterocycles. The van der Waals surface area contributed by atoms with Gasteiger partial charge in [0.1, 0.15) is 0 Å². The predicted octanol–water partition coefficient (Wildman–Crippen LogP) is 2.02. The molecule has 2 rings (SSSR count). The highest BCUT2D eigenvalue weighted by Crippen LogP contribution is 2.13. The predicted molar refractivity (Wildman–Crippen MR) is 55.0 cm³/mol. The van der Waals surface area contributed by atoms with Crippen molar-refractivity contribution in [2.75, 3.05) is 13.1 Å². The first-order chi connectivity index (χ1) is 6.45. The van der Waals surface area contributed by atoms with E-state index >= 15 is 0 Å². The summed E-state index contributed by atoms with van der Waals surface area (Å²) in [6.07, 6.45) is 2.88. The molecule has 3 heteroatoms. The van der Waals surface area contributed by atoms with Gasteiger partial charge in [0, 0.05) is 11.4 Å². The van der Waals surface area contributed by atoms with E-state index in [1.54, 1.807) is 11.3 Å². The Morgan fingerprint density at radius 3 is 3.31 bits per heavy atom. The van der Waals surface area contributed by atoms with E-state index in [2.05, 4.69) is 22.8 Å². The number of nitrogens with one attached hydrogen (secondary N) is 1. The molecule has 1 aromatic heterocycles. The minimum absolute atomic E-state index is 0.427. The lowest BCUT2D eigenvalue weighted by Crippen LogP contribution is -2.35. The van der Waals surface area contributed by atoms with Gasteiger partial charge in [0.05, 0.1) is 12.7 Å². The van der Waals surface area contributed by atoms with Crippen LogP contribution in [0.2, 0.25) is 0 Å². The van der Waals surface area contributed by atoms with Gasteiger partial charge in [-0.25, -0.2) is 0 Å². The maximum atomic E-state index is 5.78. The van der Waals surface area contributed by atoms with Gasteiger partial charge in [0.15, 0.2) is 0 Å². The smallest absolute Gasteiger partial charge is 0.0813 e. The number of rotatable bonds is 3. The average Bonchev–Trinajstić information content (AvgIpc) is 2.69. The Hall–Kier alpha value is -0.380. The van der Waals surface area contributed by atoms with Crippen LogP contribution >= 0.6 is 11.3 Å². The highest BCUT2D eigenvalue weighted by atomic mass is 32.1. The molecular formula is C10H15NOS. The first kappa shape index (κ1) is 9.19. The number of thiophene rings is 1. The molecule has 1 aliphatic heterocycles. The molecule has 1 aromatic rings. The first-order valence-corrected chi connectivity index (χ1v) is 5.68. The number of ether oxygens (including phenoxy) is 1. The SMILES string of the molecule is c1csc(COC2CCCNC2)c1. The van der Waals surface area contributed by atoms with Crippen molar-refractivity contribution < 1.29 is 4.74 Å². The number of piperidine rings is 1. The molecule has 1 fully saturated rings. The fourth-order valence-corrected chi connectivity index (χ4v) is 2.18. The van der Waals surface area contributed by atoms with Crippen LogP contribution in [0.3, 0.4) is 0 Å². The van der Waals surface area contributed by atoms with Gasteiger partial charge in [-0.2, -0.15) is 0 Å². The van der Waals surface area contributed by atoms with Crippen LogP contribution in [0.4, 0.5) is 0 Å². The lowest BCUT2D eigenvalue weighted by Gasteiger charge is -2.22. The molecule has 72 valence electrons. The summed E-state index contributed by atoms with van der Waals surface area (Å²) in [5.41, 5.74) is 0. The van der Waals surface area contributed by atoms with Crippen molar-refractivity contribution in [2.24, 2.45) is 0 Å². The molecule has 13 heavy (non-hydrogen) atoms. The lowest BCUT2D eigenvalue weighted by atomic mass is 10.1. The van der Waals surface area contributed by atoms with Gasteiger partial charge in [0.2, 0.25) is 0 Å². The third kappa shape index (κ3) is 2.79. The molecule has 0 amide bonds. The Labute approximate surface area is 82.9 Å². The standard InChI is InChI=1S/C10H15NOS/c1-3-9(7-11-5-1)12-8-10-4-2-6-13-10/h2,4,6,9,11H,1,3,5,7-8H2. The fraction of sp³-hybridized carbons (Fsp3) is 0.600. The van der Waals surface area contributed by atoms with Crippen LogP contribution < -0.4 is 5.32 Å². The Balaban J connectivity index is 1.72. The van der Waals surface area contributed by atoms with Crippen molar-refractivity contribution in [1.82, 2.24) is 5.32 Å². The number of hydrogen-bond donors (Lipinski definition) is 1. The minimum Gasteiger partial charge on any atom is -0.371 e. The van der Waals surface area contributed by atoms with Gasteiger partial charge in [-0.3, -0.25) is 0 Å². The van der Waals surface area contributed by atoms with Crippen molar-refractivity contribution in [2.45, 2.75) is 25.6 Å². The second-order valence-corrected chi connectivity index (χ2v) is 4.39. The van der Waals surface area contributed by atoms with Crippen LogP contribution in [0.5, 0.6) is 0 Å². The second kappa shape index (κ2) is 4.74. The van der Waals surface area contributed by atoms with E-state index in [9.17, 15) is 0 Å².